The predicted octanol–water partition coefficient (Wildman–Crippen LogP) is 15.1. The maximum Gasteiger partial charge on any atom is 0.148 e. The van der Waals surface area contributed by atoms with Gasteiger partial charge in [-0.25, -0.2) is 4.98 Å². The topological polar surface area (TPSA) is 50.9 Å². The van der Waals surface area contributed by atoms with Crippen molar-refractivity contribution in [2.75, 3.05) is 0 Å². The fourth-order valence-electron chi connectivity index (χ4n) is 7.93. The van der Waals surface area contributed by atoms with Crippen molar-refractivity contribution >= 4 is 11.0 Å². The van der Waals surface area contributed by atoms with Gasteiger partial charge in [0.05, 0.1) is 27.8 Å². The number of imidazole rings is 1. The van der Waals surface area contributed by atoms with Crippen LogP contribution in [0.1, 0.15) is 105 Å². The van der Waals surface area contributed by atoms with Crippen molar-refractivity contribution in [2.45, 2.75) is 99.3 Å². The van der Waals surface area contributed by atoms with Crippen LogP contribution in [-0.4, -0.2) is 19.6 Å². The number of hydrogen-bond donors (Lipinski definition) is 1. The van der Waals surface area contributed by atoms with E-state index in [1.807, 2.05) is 44.2 Å². The molecule has 1 N–H and O–H groups in total. The molecule has 0 saturated heterocycles. The van der Waals surface area contributed by atoms with Crippen LogP contribution in [0.25, 0.3) is 72.7 Å². The van der Waals surface area contributed by atoms with E-state index >= 15 is 0 Å². The van der Waals surface area contributed by atoms with Crippen LogP contribution < -0.4 is 0 Å². The van der Waals surface area contributed by atoms with Gasteiger partial charge in [-0.3, -0.25) is 9.55 Å². The van der Waals surface area contributed by atoms with E-state index in [-0.39, 0.29) is 48.6 Å². The van der Waals surface area contributed by atoms with E-state index < -0.39 is 36.6 Å². The smallest absolute Gasteiger partial charge is 0.148 e. The molecule has 0 radical (unpaired) electrons. The van der Waals surface area contributed by atoms with Gasteiger partial charge in [-0.05, 0) is 106 Å². The summed E-state index contributed by atoms with van der Waals surface area (Å²) in [5.41, 5.74) is 12.2. The molecule has 0 spiro atoms. The molecule has 8 aromatic rings. The van der Waals surface area contributed by atoms with Gasteiger partial charge >= 0.3 is 0 Å². The molecule has 0 saturated carbocycles. The number of fused-ring (bicyclic) bond motifs is 1. The van der Waals surface area contributed by atoms with E-state index in [9.17, 15) is 5.11 Å². The van der Waals surface area contributed by atoms with Crippen molar-refractivity contribution in [2.24, 2.45) is 0 Å². The van der Waals surface area contributed by atoms with Gasteiger partial charge in [0.15, 0.2) is 0 Å². The molecule has 0 bridgehead atoms. The van der Waals surface area contributed by atoms with E-state index in [1.54, 1.807) is 18.3 Å². The Hall–Kier alpha value is -5.57. The van der Waals surface area contributed by atoms with Gasteiger partial charge in [0.2, 0.25) is 0 Å². The molecule has 318 valence electrons. The summed E-state index contributed by atoms with van der Waals surface area (Å²) in [6.07, 6.45) is 1.55. The monoisotopic (exact) mass is 1000 g/mol. The standard InChI is InChI=1S/C57H58N3O.Pt/c1-35-16-18-38(19-17-35)40-26-27-58-49(33-40)42-30-41(31-45(32-42)57(10,11)12)46-14-13-15-51-52(46)59-54(48-29-36(2)28-37(3)53(48)61)60(51)50-25-24-44(56(7,8)9)34-47(50)39-20-22-43(23-21-39)55(4,5)6;/h13-29,31-34,61H,1-12H3;/q-1;/i1D3,16D,17D,18D,19D;. The third-order valence-electron chi connectivity index (χ3n) is 11.5. The molecule has 62 heavy (non-hydrogen) atoms. The number of pyridine rings is 1. The van der Waals surface area contributed by atoms with Crippen molar-refractivity contribution in [3.05, 3.63) is 167 Å². The number of rotatable bonds is 6. The second-order valence-corrected chi connectivity index (χ2v) is 19.4. The SMILES string of the molecule is [2H]c1c([2H])c(C([2H])([2H])[2H])c([2H])c([2H])c1-c1ccnc(-c2[c-]c(-c3cccc4c3nc(-c3cc(C)cc(C)c3O)n4-c3ccc(C(C)(C)C)cc3-c3ccc(C(C)(C)C)cc3)cc(C(C)(C)C)c2)c1.[Pt]. The molecule has 0 amide bonds. The van der Waals surface area contributed by atoms with E-state index in [1.165, 1.54) is 11.1 Å². The van der Waals surface area contributed by atoms with E-state index in [2.05, 4.69) is 128 Å². The third-order valence-corrected chi connectivity index (χ3v) is 11.5. The normalized spacial score (nSPS) is 14.0. The minimum atomic E-state index is -2.82. The fraction of sp³-hybridized carbons (Fsp3) is 0.263. The van der Waals surface area contributed by atoms with Crippen molar-refractivity contribution in [3.63, 3.8) is 0 Å². The van der Waals surface area contributed by atoms with Crippen LogP contribution in [0.2, 0.25) is 0 Å². The maximum absolute atomic E-state index is 11.9. The van der Waals surface area contributed by atoms with Crippen LogP contribution in [0.5, 0.6) is 5.75 Å². The molecule has 5 heteroatoms. The fourth-order valence-corrected chi connectivity index (χ4v) is 7.93. The largest absolute Gasteiger partial charge is 0.507 e. The summed E-state index contributed by atoms with van der Waals surface area (Å²) in [5.74, 6) is 0.735. The van der Waals surface area contributed by atoms with Crippen LogP contribution in [0.4, 0.5) is 0 Å². The number of benzene rings is 6. The Morgan fingerprint density at radius 3 is 1.94 bits per heavy atom. The van der Waals surface area contributed by atoms with Crippen molar-refractivity contribution in [3.8, 4) is 67.5 Å². The van der Waals surface area contributed by atoms with Gasteiger partial charge in [0, 0.05) is 42.6 Å². The zero-order chi connectivity index (χ0) is 49.6. The molecule has 0 aliphatic heterocycles. The second kappa shape index (κ2) is 16.6. The van der Waals surface area contributed by atoms with Crippen LogP contribution in [0.15, 0.2) is 127 Å². The van der Waals surface area contributed by atoms with Crippen molar-refractivity contribution in [1.29, 1.82) is 0 Å². The van der Waals surface area contributed by atoms with Gasteiger partial charge in [0.1, 0.15) is 11.6 Å². The first-order valence-corrected chi connectivity index (χ1v) is 20.9. The molecule has 0 aliphatic rings. The third kappa shape index (κ3) is 8.73. The summed E-state index contributed by atoms with van der Waals surface area (Å²) in [6.45, 7) is 20.8. The van der Waals surface area contributed by atoms with E-state index in [0.717, 1.165) is 50.1 Å². The molecule has 0 atom stereocenters. The molecule has 2 aromatic heterocycles. The van der Waals surface area contributed by atoms with Gasteiger partial charge in [-0.1, -0.05) is 158 Å². The first-order chi connectivity index (χ1) is 31.6. The zero-order valence-electron chi connectivity index (χ0n) is 44.4. The van der Waals surface area contributed by atoms with E-state index in [0.29, 0.717) is 33.7 Å². The van der Waals surface area contributed by atoms with Gasteiger partial charge < -0.3 is 5.11 Å². The summed E-state index contributed by atoms with van der Waals surface area (Å²) in [6, 6.07) is 34.5. The molecule has 4 nitrogen and oxygen atoms in total. The first kappa shape index (κ1) is 36.0. The number of phenolic OH excluding ortho intramolecular Hbond substituents is 1. The first-order valence-electron chi connectivity index (χ1n) is 24.4. The Labute approximate surface area is 393 Å². The van der Waals surface area contributed by atoms with Crippen LogP contribution in [0.3, 0.4) is 0 Å². The van der Waals surface area contributed by atoms with Crippen LogP contribution in [0, 0.1) is 26.8 Å². The Morgan fingerprint density at radius 2 is 1.27 bits per heavy atom. The minimum absolute atomic E-state index is 0. The molecule has 0 unspecified atom stereocenters. The summed E-state index contributed by atoms with van der Waals surface area (Å²) in [7, 11) is 0. The molecule has 0 fully saturated rings. The predicted molar refractivity (Wildman–Crippen MR) is 257 cm³/mol. The molecular formula is C57H58N3OPt-. The Balaban J connectivity index is 0.00000703. The van der Waals surface area contributed by atoms with Gasteiger partial charge in [0.25, 0.3) is 0 Å². The van der Waals surface area contributed by atoms with E-state index in [4.69, 9.17) is 19.6 Å². The average molecular weight is 1000 g/mol. The molecular weight excluding hydrogens is 938 g/mol. The van der Waals surface area contributed by atoms with Crippen molar-refractivity contribution in [1.82, 2.24) is 14.5 Å². The summed E-state index contributed by atoms with van der Waals surface area (Å²) >= 11 is 0. The molecule has 2 heterocycles. The van der Waals surface area contributed by atoms with Gasteiger partial charge in [-0.2, -0.15) is 0 Å². The van der Waals surface area contributed by atoms with Crippen LogP contribution in [-0.2, 0) is 37.3 Å². The molecule has 6 aromatic carbocycles. The molecule has 8 rings (SSSR count). The Bertz CT molecular complexity index is 3270. The van der Waals surface area contributed by atoms with Crippen LogP contribution >= 0.6 is 0 Å². The maximum atomic E-state index is 11.9. The molecule has 0 aliphatic carbocycles. The Morgan fingerprint density at radius 1 is 0.613 bits per heavy atom. The summed E-state index contributed by atoms with van der Waals surface area (Å²) < 4.78 is 60.6. The summed E-state index contributed by atoms with van der Waals surface area (Å²) in [4.78, 5) is 10.2. The number of aryl methyl sites for hydroxylation is 2. The number of aromatic hydroxyl groups is 1. The Kier molecular flexibility index (Phi) is 9.64. The average Bonchev–Trinajstić information content (AvgIpc) is 3.65. The number of hydrogen-bond acceptors (Lipinski definition) is 3. The number of para-hydroxylation sites is 1. The van der Waals surface area contributed by atoms with Crippen molar-refractivity contribution < 1.29 is 35.8 Å². The van der Waals surface area contributed by atoms with Gasteiger partial charge in [-0.15, -0.1) is 29.3 Å². The zero-order valence-corrected chi connectivity index (χ0v) is 39.7. The minimum Gasteiger partial charge on any atom is -0.507 e. The number of nitrogens with zero attached hydrogens (tertiary/aromatic N) is 3. The quantitative estimate of drug-likeness (QED) is 0.169. The summed E-state index contributed by atoms with van der Waals surface area (Å²) in [5, 5.41) is 11.9. The second-order valence-electron chi connectivity index (χ2n) is 19.4. The number of aromatic nitrogens is 3. The number of phenols is 1.